The third-order valence-corrected chi connectivity index (χ3v) is 3.60. The number of H-pyrrole nitrogens is 1. The summed E-state index contributed by atoms with van der Waals surface area (Å²) in [5.41, 5.74) is 0.361. The first-order chi connectivity index (χ1) is 6.51. The second-order valence-electron chi connectivity index (χ2n) is 3.43. The first kappa shape index (κ1) is 11.6. The highest BCUT2D eigenvalue weighted by atomic mass is 35.5. The average molecular weight is 233 g/mol. The monoisotopic (exact) mass is 232 g/mol. The number of hydrogen-bond acceptors (Lipinski definition) is 3. The molecule has 1 aromatic heterocycles. The molecular formula is C9H13ClN2OS. The second kappa shape index (κ2) is 4.36. The smallest absolute Gasteiger partial charge is 0.255 e. The summed E-state index contributed by atoms with van der Waals surface area (Å²) in [4.78, 5) is 18.4. The third-order valence-electron chi connectivity index (χ3n) is 2.10. The summed E-state index contributed by atoms with van der Waals surface area (Å²) >= 11 is 7.20. The quantitative estimate of drug-likeness (QED) is 0.812. The van der Waals surface area contributed by atoms with Gasteiger partial charge in [0.1, 0.15) is 5.82 Å². The molecule has 1 aromatic rings. The van der Waals surface area contributed by atoms with Crippen molar-refractivity contribution in [3.8, 4) is 0 Å². The molecule has 0 aliphatic heterocycles. The number of thioether (sulfide) groups is 1. The first-order valence-electron chi connectivity index (χ1n) is 4.21. The number of nitrogens with one attached hydrogen (secondary N) is 1. The second-order valence-corrected chi connectivity index (χ2v) is 5.13. The van der Waals surface area contributed by atoms with Gasteiger partial charge < -0.3 is 4.98 Å². The van der Waals surface area contributed by atoms with Gasteiger partial charge in [-0.1, -0.05) is 0 Å². The van der Waals surface area contributed by atoms with Crippen molar-refractivity contribution in [1.82, 2.24) is 9.97 Å². The topological polar surface area (TPSA) is 45.8 Å². The Bertz CT molecular complexity index is 375. The molecule has 0 radical (unpaired) electrons. The number of alkyl halides is 1. The lowest BCUT2D eigenvalue weighted by molar-refractivity contribution is 0.700. The van der Waals surface area contributed by atoms with Crippen LogP contribution in [0.2, 0.25) is 0 Å². The minimum Gasteiger partial charge on any atom is -0.309 e. The molecule has 1 N–H and O–H groups in total. The Hall–Kier alpha value is -0.480. The van der Waals surface area contributed by atoms with E-state index < -0.39 is 0 Å². The Morgan fingerprint density at radius 3 is 2.71 bits per heavy atom. The zero-order valence-corrected chi connectivity index (χ0v) is 10.00. The molecule has 0 amide bonds. The summed E-state index contributed by atoms with van der Waals surface area (Å²) in [6, 6.07) is 0. The van der Waals surface area contributed by atoms with Crippen LogP contribution in [0.25, 0.3) is 0 Å². The Balaban J connectivity index is 3.15. The molecule has 5 heteroatoms. The van der Waals surface area contributed by atoms with Crippen LogP contribution in [-0.4, -0.2) is 16.2 Å². The number of aromatic amines is 1. The summed E-state index contributed by atoms with van der Waals surface area (Å²) in [6.07, 6.45) is 3.52. The number of aromatic nitrogens is 2. The van der Waals surface area contributed by atoms with Crippen LogP contribution in [0.3, 0.4) is 0 Å². The minimum absolute atomic E-state index is 0.146. The van der Waals surface area contributed by atoms with E-state index >= 15 is 0 Å². The fraction of sp³-hybridized carbons (Fsp3) is 0.556. The summed E-state index contributed by atoms with van der Waals surface area (Å²) < 4.78 is -0.177. The molecule has 78 valence electrons. The molecule has 0 aliphatic carbocycles. The van der Waals surface area contributed by atoms with Crippen LogP contribution in [0.4, 0.5) is 0 Å². The number of hydrogen-bond donors (Lipinski definition) is 1. The molecule has 0 fully saturated rings. The standard InChI is InChI=1S/C9H13ClN2OS/c1-9(2,14-3)8-11-5-6(4-10)7(13)12-8/h5H,4H2,1-3H3,(H,11,12,13). The van der Waals surface area contributed by atoms with E-state index in [1.807, 2.05) is 20.1 Å². The SMILES string of the molecule is CSC(C)(C)c1ncc(CCl)c(=O)[nH]1. The fourth-order valence-electron chi connectivity index (χ4n) is 0.919. The lowest BCUT2D eigenvalue weighted by Crippen LogP contribution is -2.23. The van der Waals surface area contributed by atoms with E-state index in [-0.39, 0.29) is 16.2 Å². The van der Waals surface area contributed by atoms with E-state index in [1.165, 1.54) is 0 Å². The summed E-state index contributed by atoms with van der Waals surface area (Å²) in [6.45, 7) is 4.02. The average Bonchev–Trinajstić information content (AvgIpc) is 2.17. The van der Waals surface area contributed by atoms with Crippen molar-refractivity contribution < 1.29 is 0 Å². The maximum atomic E-state index is 11.4. The van der Waals surface area contributed by atoms with Crippen molar-refractivity contribution in [3.63, 3.8) is 0 Å². The van der Waals surface area contributed by atoms with Gasteiger partial charge in [0.25, 0.3) is 5.56 Å². The van der Waals surface area contributed by atoms with Crippen LogP contribution in [0.1, 0.15) is 25.2 Å². The third kappa shape index (κ3) is 2.30. The predicted octanol–water partition coefficient (Wildman–Crippen LogP) is 2.11. The summed E-state index contributed by atoms with van der Waals surface area (Å²) in [5.74, 6) is 0.881. The van der Waals surface area contributed by atoms with Gasteiger partial charge >= 0.3 is 0 Å². The van der Waals surface area contributed by atoms with Gasteiger partial charge in [0, 0.05) is 6.20 Å². The minimum atomic E-state index is -0.177. The number of nitrogens with zero attached hydrogens (tertiary/aromatic N) is 1. The molecule has 1 heterocycles. The Labute approximate surface area is 92.3 Å². The van der Waals surface area contributed by atoms with Gasteiger partial charge in [-0.2, -0.15) is 11.8 Å². The highest BCUT2D eigenvalue weighted by Crippen LogP contribution is 2.29. The van der Waals surface area contributed by atoms with Crippen LogP contribution < -0.4 is 5.56 Å². The molecule has 0 aromatic carbocycles. The van der Waals surface area contributed by atoms with Crippen molar-refractivity contribution in [2.75, 3.05) is 6.26 Å². The van der Waals surface area contributed by atoms with Crippen LogP contribution in [0.5, 0.6) is 0 Å². The Morgan fingerprint density at radius 2 is 2.29 bits per heavy atom. The molecule has 14 heavy (non-hydrogen) atoms. The summed E-state index contributed by atoms with van der Waals surface area (Å²) in [5, 5.41) is 0. The highest BCUT2D eigenvalue weighted by Gasteiger charge is 2.21. The first-order valence-corrected chi connectivity index (χ1v) is 5.97. The molecule has 0 saturated carbocycles. The van der Waals surface area contributed by atoms with E-state index in [0.29, 0.717) is 11.4 Å². The molecule has 0 atom stereocenters. The van der Waals surface area contributed by atoms with Gasteiger partial charge in [0.2, 0.25) is 0 Å². The van der Waals surface area contributed by atoms with Crippen LogP contribution in [-0.2, 0) is 10.6 Å². The van der Waals surface area contributed by atoms with E-state index in [0.717, 1.165) is 0 Å². The zero-order valence-electron chi connectivity index (χ0n) is 8.43. The van der Waals surface area contributed by atoms with Crippen LogP contribution in [0, 0.1) is 0 Å². The molecule has 0 unspecified atom stereocenters. The maximum Gasteiger partial charge on any atom is 0.255 e. The van der Waals surface area contributed by atoms with E-state index in [2.05, 4.69) is 9.97 Å². The Morgan fingerprint density at radius 1 is 1.64 bits per heavy atom. The molecule has 0 bridgehead atoms. The van der Waals surface area contributed by atoms with Crippen molar-refractivity contribution >= 4 is 23.4 Å². The zero-order chi connectivity index (χ0) is 10.8. The van der Waals surface area contributed by atoms with Crippen molar-refractivity contribution in [3.05, 3.63) is 27.9 Å². The largest absolute Gasteiger partial charge is 0.309 e. The van der Waals surface area contributed by atoms with E-state index in [1.54, 1.807) is 18.0 Å². The maximum absolute atomic E-state index is 11.4. The fourth-order valence-corrected chi connectivity index (χ4v) is 1.41. The molecule has 1 rings (SSSR count). The molecule has 3 nitrogen and oxygen atoms in total. The van der Waals surface area contributed by atoms with Crippen molar-refractivity contribution in [1.29, 1.82) is 0 Å². The summed E-state index contributed by atoms with van der Waals surface area (Å²) in [7, 11) is 0. The van der Waals surface area contributed by atoms with E-state index in [9.17, 15) is 4.79 Å². The van der Waals surface area contributed by atoms with Crippen molar-refractivity contribution in [2.24, 2.45) is 0 Å². The van der Waals surface area contributed by atoms with Crippen LogP contribution in [0.15, 0.2) is 11.0 Å². The van der Waals surface area contributed by atoms with Gasteiger partial charge in [0.15, 0.2) is 0 Å². The highest BCUT2D eigenvalue weighted by molar-refractivity contribution is 7.99. The molecule has 0 saturated heterocycles. The van der Waals surface area contributed by atoms with Gasteiger partial charge in [-0.25, -0.2) is 4.98 Å². The Kier molecular flexibility index (Phi) is 3.61. The molecule has 0 aliphatic rings. The van der Waals surface area contributed by atoms with Gasteiger partial charge in [-0.05, 0) is 20.1 Å². The molecule has 0 spiro atoms. The number of halogens is 1. The van der Waals surface area contributed by atoms with Crippen LogP contribution >= 0.6 is 23.4 Å². The predicted molar refractivity (Wildman–Crippen MR) is 61.0 cm³/mol. The van der Waals surface area contributed by atoms with Crippen molar-refractivity contribution in [2.45, 2.75) is 24.5 Å². The lowest BCUT2D eigenvalue weighted by atomic mass is 10.2. The van der Waals surface area contributed by atoms with Gasteiger partial charge in [-0.15, -0.1) is 11.6 Å². The lowest BCUT2D eigenvalue weighted by Gasteiger charge is -2.20. The van der Waals surface area contributed by atoms with Gasteiger partial charge in [-0.3, -0.25) is 4.79 Å². The normalized spacial score (nSPS) is 11.7. The number of rotatable bonds is 3. The van der Waals surface area contributed by atoms with Gasteiger partial charge in [0.05, 0.1) is 16.2 Å². The van der Waals surface area contributed by atoms with E-state index in [4.69, 9.17) is 11.6 Å². The molecular weight excluding hydrogens is 220 g/mol.